The third-order valence-electron chi connectivity index (χ3n) is 5.41. The van der Waals surface area contributed by atoms with Gasteiger partial charge in [-0.25, -0.2) is 0 Å². The number of fused-ring (bicyclic) bond motifs is 2. The highest BCUT2D eigenvalue weighted by molar-refractivity contribution is 6.15. The summed E-state index contributed by atoms with van der Waals surface area (Å²) >= 11 is 0. The monoisotopic (exact) mass is 378 g/mol. The highest BCUT2D eigenvalue weighted by atomic mass is 16.6. The number of ether oxygens (including phenoxy) is 2. The zero-order valence-electron chi connectivity index (χ0n) is 15.3. The number of carbonyl (C=O) groups is 1. The molecule has 0 radical (unpaired) electrons. The molecule has 2 heterocycles. The number of carbonyl (C=O) groups excluding carboxylic acids is 1. The van der Waals surface area contributed by atoms with Gasteiger partial charge in [-0.2, -0.15) is 0 Å². The van der Waals surface area contributed by atoms with E-state index >= 15 is 0 Å². The Morgan fingerprint density at radius 2 is 2.07 bits per heavy atom. The van der Waals surface area contributed by atoms with Crippen LogP contribution in [0.15, 0.2) is 36.1 Å². The molecule has 0 saturated heterocycles. The Morgan fingerprint density at radius 3 is 2.82 bits per heavy atom. The minimum absolute atomic E-state index is 0.0301. The number of allylic oxidation sites excluding steroid dienone is 1. The quantitative estimate of drug-likeness (QED) is 0.459. The second-order valence-electron chi connectivity index (χ2n) is 7.41. The van der Waals surface area contributed by atoms with E-state index in [-0.39, 0.29) is 17.2 Å². The fraction of sp³-hybridized carbons (Fsp3) is 0.286. The zero-order valence-corrected chi connectivity index (χ0v) is 15.3. The third-order valence-corrected chi connectivity index (χ3v) is 5.41. The van der Waals surface area contributed by atoms with Crippen molar-refractivity contribution in [2.45, 2.75) is 32.4 Å². The lowest BCUT2D eigenvalue weighted by Gasteiger charge is -2.30. The Kier molecular flexibility index (Phi) is 3.73. The van der Waals surface area contributed by atoms with Crippen molar-refractivity contribution in [2.24, 2.45) is 0 Å². The topological polar surface area (TPSA) is 81.9 Å². The van der Waals surface area contributed by atoms with Crippen LogP contribution in [0.25, 0.3) is 6.08 Å². The van der Waals surface area contributed by atoms with E-state index in [1.165, 1.54) is 25.0 Å². The van der Waals surface area contributed by atoms with Gasteiger partial charge in [0, 0.05) is 35.8 Å². The average Bonchev–Trinajstić information content (AvgIpc) is 3.49. The van der Waals surface area contributed by atoms with Crippen molar-refractivity contribution in [3.05, 3.63) is 68.5 Å². The third kappa shape index (κ3) is 2.75. The number of hydrogen-bond acceptors (Lipinski definition) is 6. The molecule has 2 aromatic rings. The second-order valence-corrected chi connectivity index (χ2v) is 7.41. The molecule has 0 aromatic heterocycles. The van der Waals surface area contributed by atoms with E-state index in [0.29, 0.717) is 29.6 Å². The number of Topliss-reactive ketones (excluding diaryl/α,β-unsaturated/α-hetero) is 1. The van der Waals surface area contributed by atoms with Crippen LogP contribution in [0.1, 0.15) is 39.9 Å². The molecule has 0 unspecified atom stereocenters. The normalized spacial score (nSPS) is 19.8. The first-order chi connectivity index (χ1) is 13.5. The molecule has 2 aromatic carbocycles. The highest BCUT2D eigenvalue weighted by Crippen LogP contribution is 2.44. The number of rotatable bonds is 3. The number of nitro benzene ring substituents is 1. The van der Waals surface area contributed by atoms with E-state index in [1.807, 2.05) is 13.0 Å². The van der Waals surface area contributed by atoms with Crippen molar-refractivity contribution >= 4 is 17.5 Å². The summed E-state index contributed by atoms with van der Waals surface area (Å²) in [5, 5.41) is 11.0. The number of non-ortho nitro benzene ring substituents is 1. The first-order valence-corrected chi connectivity index (χ1v) is 9.23. The Balaban J connectivity index is 1.49. The van der Waals surface area contributed by atoms with Gasteiger partial charge in [-0.15, -0.1) is 0 Å². The van der Waals surface area contributed by atoms with Crippen molar-refractivity contribution in [1.29, 1.82) is 0 Å². The van der Waals surface area contributed by atoms with Crippen molar-refractivity contribution in [2.75, 3.05) is 6.73 Å². The summed E-state index contributed by atoms with van der Waals surface area (Å²) in [5.74, 6) is 1.26. The van der Waals surface area contributed by atoms with E-state index < -0.39 is 4.92 Å². The average molecular weight is 378 g/mol. The minimum Gasteiger partial charge on any atom is -0.477 e. The van der Waals surface area contributed by atoms with Crippen LogP contribution >= 0.6 is 0 Å². The maximum Gasteiger partial charge on any atom is 0.270 e. The van der Waals surface area contributed by atoms with Crippen molar-refractivity contribution in [1.82, 2.24) is 4.90 Å². The number of benzene rings is 2. The van der Waals surface area contributed by atoms with Gasteiger partial charge < -0.3 is 9.47 Å². The zero-order chi connectivity index (χ0) is 19.4. The molecule has 142 valence electrons. The number of ketones is 1. The lowest BCUT2D eigenvalue weighted by atomic mass is 10.00. The van der Waals surface area contributed by atoms with Gasteiger partial charge in [0.1, 0.15) is 18.2 Å². The maximum atomic E-state index is 12.9. The molecular weight excluding hydrogens is 360 g/mol. The summed E-state index contributed by atoms with van der Waals surface area (Å²) in [5.41, 5.74) is 2.86. The van der Waals surface area contributed by atoms with E-state index in [2.05, 4.69) is 4.90 Å². The van der Waals surface area contributed by atoms with Gasteiger partial charge in [0.05, 0.1) is 10.5 Å². The van der Waals surface area contributed by atoms with Crippen LogP contribution < -0.4 is 9.47 Å². The summed E-state index contributed by atoms with van der Waals surface area (Å²) in [6, 6.07) is 8.56. The summed E-state index contributed by atoms with van der Waals surface area (Å²) in [7, 11) is 0. The molecule has 0 N–H and O–H groups in total. The van der Waals surface area contributed by atoms with Crippen molar-refractivity contribution in [3.8, 4) is 11.5 Å². The van der Waals surface area contributed by atoms with Crippen LogP contribution in [-0.2, 0) is 6.54 Å². The van der Waals surface area contributed by atoms with Gasteiger partial charge in [-0.05, 0) is 37.5 Å². The fourth-order valence-electron chi connectivity index (χ4n) is 3.82. The Hall–Kier alpha value is -3.19. The molecule has 28 heavy (non-hydrogen) atoms. The van der Waals surface area contributed by atoms with Crippen LogP contribution in [-0.4, -0.2) is 28.4 Å². The molecule has 0 spiro atoms. The van der Waals surface area contributed by atoms with Gasteiger partial charge >= 0.3 is 0 Å². The number of nitrogens with zero attached hydrogens (tertiary/aromatic N) is 2. The number of hydrogen-bond donors (Lipinski definition) is 0. The Morgan fingerprint density at radius 1 is 1.25 bits per heavy atom. The molecule has 3 aliphatic rings. The van der Waals surface area contributed by atoms with Crippen molar-refractivity contribution < 1.29 is 19.2 Å². The molecule has 0 atom stereocenters. The molecule has 7 heteroatoms. The summed E-state index contributed by atoms with van der Waals surface area (Å²) in [6.07, 6.45) is 3.94. The fourth-order valence-corrected chi connectivity index (χ4v) is 3.82. The van der Waals surface area contributed by atoms with Gasteiger partial charge in [-0.1, -0.05) is 12.1 Å². The van der Waals surface area contributed by atoms with Crippen LogP contribution in [0.4, 0.5) is 5.69 Å². The largest absolute Gasteiger partial charge is 0.477 e. The predicted octanol–water partition coefficient (Wildman–Crippen LogP) is 3.83. The predicted molar refractivity (Wildman–Crippen MR) is 101 cm³/mol. The van der Waals surface area contributed by atoms with Gasteiger partial charge in [-0.3, -0.25) is 19.8 Å². The van der Waals surface area contributed by atoms with E-state index in [4.69, 9.17) is 9.47 Å². The minimum atomic E-state index is -0.463. The van der Waals surface area contributed by atoms with Crippen LogP contribution in [0.5, 0.6) is 11.5 Å². The maximum absolute atomic E-state index is 12.9. The molecular formula is C21H18N2O5. The lowest BCUT2D eigenvalue weighted by Crippen LogP contribution is -2.34. The highest BCUT2D eigenvalue weighted by Gasteiger charge is 2.36. The van der Waals surface area contributed by atoms with Gasteiger partial charge in [0.15, 0.2) is 5.76 Å². The van der Waals surface area contributed by atoms with E-state index in [1.54, 1.807) is 18.2 Å². The molecule has 1 fully saturated rings. The molecule has 1 aliphatic carbocycles. The van der Waals surface area contributed by atoms with Crippen LogP contribution in [0.3, 0.4) is 0 Å². The summed E-state index contributed by atoms with van der Waals surface area (Å²) < 4.78 is 11.8. The summed E-state index contributed by atoms with van der Waals surface area (Å²) in [6.45, 7) is 3.22. The molecule has 7 nitrogen and oxygen atoms in total. The Labute approximate surface area is 161 Å². The van der Waals surface area contributed by atoms with Gasteiger partial charge in [0.25, 0.3) is 5.69 Å². The molecule has 5 rings (SSSR count). The lowest BCUT2D eigenvalue weighted by molar-refractivity contribution is -0.384. The molecule has 1 saturated carbocycles. The van der Waals surface area contributed by atoms with E-state index in [9.17, 15) is 14.9 Å². The van der Waals surface area contributed by atoms with Crippen LogP contribution in [0, 0.1) is 17.0 Å². The molecule has 2 aliphatic heterocycles. The molecule has 0 amide bonds. The van der Waals surface area contributed by atoms with Crippen molar-refractivity contribution in [3.63, 3.8) is 0 Å². The van der Waals surface area contributed by atoms with E-state index in [0.717, 1.165) is 23.4 Å². The number of nitro groups is 1. The first kappa shape index (κ1) is 16.9. The molecule has 0 bridgehead atoms. The SMILES string of the molecule is Cc1c2c(cc3c1O/C(=C\c1cccc([N+](=O)[O-])c1)C3=O)CN(C1CC1)CO2. The van der Waals surface area contributed by atoms with Crippen LogP contribution in [0.2, 0.25) is 0 Å². The first-order valence-electron chi connectivity index (χ1n) is 9.23. The summed E-state index contributed by atoms with van der Waals surface area (Å²) in [4.78, 5) is 25.7. The second kappa shape index (κ2) is 6.17. The Bertz CT molecular complexity index is 1060. The smallest absolute Gasteiger partial charge is 0.270 e. The standard InChI is InChI=1S/C21H18N2O5/c1-12-20-14(10-22(11-27-20)15-5-6-15)9-17-19(24)18(28-21(12)17)8-13-3-2-4-16(7-13)23(25)26/h2-4,7-9,15H,5-6,10-11H2,1H3/b18-8-. The van der Waals surface area contributed by atoms with Gasteiger partial charge in [0.2, 0.25) is 5.78 Å².